The topological polar surface area (TPSA) is 41.1 Å². The first-order valence-electron chi connectivity index (χ1n) is 7.04. The predicted molar refractivity (Wildman–Crippen MR) is 81.3 cm³/mol. The van der Waals surface area contributed by atoms with E-state index in [1.165, 1.54) is 0 Å². The molecule has 0 aliphatic rings. The molecule has 1 N–H and O–H groups in total. The molecule has 0 aliphatic heterocycles. The van der Waals surface area contributed by atoms with Crippen molar-refractivity contribution in [1.82, 2.24) is 15.3 Å². The summed E-state index contributed by atoms with van der Waals surface area (Å²) in [7, 11) is 0. The fraction of sp³-hybridized carbons (Fsp3) is 0.600. The van der Waals surface area contributed by atoms with Gasteiger partial charge in [-0.15, -0.1) is 6.58 Å². The van der Waals surface area contributed by atoms with Gasteiger partial charge in [0.25, 0.3) is 0 Å². The van der Waals surface area contributed by atoms with Gasteiger partial charge in [0, 0.05) is 19.6 Å². The Kier molecular flexibility index (Phi) is 7.11. The maximum Gasteiger partial charge on any atom is 0.147 e. The van der Waals surface area contributed by atoms with Crippen LogP contribution < -0.4 is 10.2 Å². The first kappa shape index (κ1) is 15.6. The van der Waals surface area contributed by atoms with Crippen LogP contribution in [0.1, 0.15) is 32.9 Å². The van der Waals surface area contributed by atoms with Crippen LogP contribution in [0.4, 0.5) is 5.82 Å². The van der Waals surface area contributed by atoms with Crippen LogP contribution in [0.2, 0.25) is 0 Å². The van der Waals surface area contributed by atoms with Crippen molar-refractivity contribution in [2.24, 2.45) is 5.92 Å². The van der Waals surface area contributed by atoms with Crippen LogP contribution in [-0.2, 0) is 6.54 Å². The molecule has 0 bridgehead atoms. The molecule has 0 amide bonds. The standard InChI is InChI=1S/C15H26N4/c1-5-7-19(8-6-2)15-12-17-14(11-18-15)10-16-9-13(3)4/h5,11-13,16H,1,6-10H2,2-4H3. The largest absolute Gasteiger partial charge is 0.352 e. The molecule has 4 heteroatoms. The summed E-state index contributed by atoms with van der Waals surface area (Å²) in [5.41, 5.74) is 0.986. The van der Waals surface area contributed by atoms with E-state index in [0.29, 0.717) is 5.92 Å². The van der Waals surface area contributed by atoms with Gasteiger partial charge in [0.15, 0.2) is 0 Å². The van der Waals surface area contributed by atoms with E-state index in [2.05, 4.69) is 47.5 Å². The summed E-state index contributed by atoms with van der Waals surface area (Å²) in [5.74, 6) is 1.58. The average Bonchev–Trinajstić information content (AvgIpc) is 2.39. The van der Waals surface area contributed by atoms with Gasteiger partial charge >= 0.3 is 0 Å². The molecule has 0 fully saturated rings. The highest BCUT2D eigenvalue weighted by Gasteiger charge is 2.05. The highest BCUT2D eigenvalue weighted by atomic mass is 15.2. The first-order chi connectivity index (χ1) is 9.17. The van der Waals surface area contributed by atoms with Crippen molar-refractivity contribution in [3.8, 4) is 0 Å². The lowest BCUT2D eigenvalue weighted by molar-refractivity contribution is 0.547. The Morgan fingerprint density at radius 2 is 2.16 bits per heavy atom. The minimum atomic E-state index is 0.653. The number of hydrogen-bond acceptors (Lipinski definition) is 4. The Morgan fingerprint density at radius 1 is 1.37 bits per heavy atom. The van der Waals surface area contributed by atoms with Crippen LogP contribution in [0.15, 0.2) is 25.0 Å². The van der Waals surface area contributed by atoms with Crippen molar-refractivity contribution in [3.05, 3.63) is 30.7 Å². The van der Waals surface area contributed by atoms with Gasteiger partial charge in [0.1, 0.15) is 5.82 Å². The molecule has 19 heavy (non-hydrogen) atoms. The van der Waals surface area contributed by atoms with E-state index >= 15 is 0 Å². The monoisotopic (exact) mass is 262 g/mol. The van der Waals surface area contributed by atoms with E-state index in [0.717, 1.165) is 44.1 Å². The van der Waals surface area contributed by atoms with Crippen molar-refractivity contribution in [3.63, 3.8) is 0 Å². The molecule has 0 unspecified atom stereocenters. The van der Waals surface area contributed by atoms with Gasteiger partial charge in [-0.25, -0.2) is 4.98 Å². The Morgan fingerprint density at radius 3 is 2.68 bits per heavy atom. The van der Waals surface area contributed by atoms with Gasteiger partial charge in [0.05, 0.1) is 18.1 Å². The Labute approximate surface area is 117 Å². The Bertz CT molecular complexity index is 359. The third-order valence-corrected chi connectivity index (χ3v) is 2.72. The summed E-state index contributed by atoms with van der Waals surface area (Å²) in [6, 6.07) is 0. The maximum absolute atomic E-state index is 4.49. The molecule has 4 nitrogen and oxygen atoms in total. The molecular formula is C15H26N4. The molecule has 0 aliphatic carbocycles. The number of aromatic nitrogens is 2. The van der Waals surface area contributed by atoms with Crippen LogP contribution in [0.3, 0.4) is 0 Å². The minimum absolute atomic E-state index is 0.653. The summed E-state index contributed by atoms with van der Waals surface area (Å²) in [6.45, 7) is 13.9. The molecular weight excluding hydrogens is 236 g/mol. The smallest absolute Gasteiger partial charge is 0.147 e. The van der Waals surface area contributed by atoms with Gasteiger partial charge in [-0.1, -0.05) is 26.8 Å². The van der Waals surface area contributed by atoms with Gasteiger partial charge in [-0.2, -0.15) is 0 Å². The summed E-state index contributed by atoms with van der Waals surface area (Å²) >= 11 is 0. The molecule has 106 valence electrons. The number of hydrogen-bond donors (Lipinski definition) is 1. The van der Waals surface area contributed by atoms with Gasteiger partial charge in [-0.05, 0) is 18.9 Å². The number of nitrogens with one attached hydrogen (secondary N) is 1. The second kappa shape index (κ2) is 8.64. The summed E-state index contributed by atoms with van der Waals surface area (Å²) in [6.07, 6.45) is 6.70. The van der Waals surface area contributed by atoms with Crippen LogP contribution in [-0.4, -0.2) is 29.6 Å². The highest BCUT2D eigenvalue weighted by molar-refractivity contribution is 5.36. The summed E-state index contributed by atoms with van der Waals surface area (Å²) < 4.78 is 0. The molecule has 0 saturated heterocycles. The predicted octanol–water partition coefficient (Wildman–Crippen LogP) is 2.62. The van der Waals surface area contributed by atoms with Crippen molar-refractivity contribution in [2.75, 3.05) is 24.5 Å². The van der Waals surface area contributed by atoms with Gasteiger partial charge in [0.2, 0.25) is 0 Å². The molecule has 1 rings (SSSR count). The van der Waals surface area contributed by atoms with Gasteiger partial charge < -0.3 is 10.2 Å². The summed E-state index contributed by atoms with van der Waals surface area (Å²) in [4.78, 5) is 11.1. The van der Waals surface area contributed by atoms with E-state index in [-0.39, 0.29) is 0 Å². The molecule has 1 heterocycles. The second-order valence-electron chi connectivity index (χ2n) is 5.13. The third-order valence-electron chi connectivity index (χ3n) is 2.72. The van der Waals surface area contributed by atoms with Crippen molar-refractivity contribution < 1.29 is 0 Å². The molecule has 0 saturated carbocycles. The fourth-order valence-corrected chi connectivity index (χ4v) is 1.82. The zero-order valence-electron chi connectivity index (χ0n) is 12.4. The molecule has 0 aromatic carbocycles. The maximum atomic E-state index is 4.49. The lowest BCUT2D eigenvalue weighted by Crippen LogP contribution is -2.25. The normalized spacial score (nSPS) is 10.7. The van der Waals surface area contributed by atoms with E-state index in [1.54, 1.807) is 0 Å². The van der Waals surface area contributed by atoms with Crippen molar-refractivity contribution in [2.45, 2.75) is 33.7 Å². The van der Waals surface area contributed by atoms with Gasteiger partial charge in [-0.3, -0.25) is 4.98 Å². The number of rotatable bonds is 9. The molecule has 0 atom stereocenters. The Hall–Kier alpha value is -1.42. The van der Waals surface area contributed by atoms with Crippen LogP contribution in [0, 0.1) is 5.92 Å². The van der Waals surface area contributed by atoms with Crippen molar-refractivity contribution >= 4 is 5.82 Å². The van der Waals surface area contributed by atoms with E-state index in [9.17, 15) is 0 Å². The lowest BCUT2D eigenvalue weighted by Gasteiger charge is -2.21. The van der Waals surface area contributed by atoms with Crippen LogP contribution in [0.25, 0.3) is 0 Å². The minimum Gasteiger partial charge on any atom is -0.352 e. The molecule has 1 aromatic rings. The van der Waals surface area contributed by atoms with E-state index in [4.69, 9.17) is 0 Å². The average molecular weight is 262 g/mol. The second-order valence-corrected chi connectivity index (χ2v) is 5.13. The number of anilines is 1. The zero-order valence-corrected chi connectivity index (χ0v) is 12.4. The van der Waals surface area contributed by atoms with Crippen LogP contribution >= 0.6 is 0 Å². The fourth-order valence-electron chi connectivity index (χ4n) is 1.82. The lowest BCUT2D eigenvalue weighted by atomic mass is 10.2. The molecule has 0 spiro atoms. The SMILES string of the molecule is C=CCN(CCC)c1cnc(CNCC(C)C)cn1. The molecule has 1 aromatic heterocycles. The van der Waals surface area contributed by atoms with E-state index < -0.39 is 0 Å². The van der Waals surface area contributed by atoms with Crippen LogP contribution in [0.5, 0.6) is 0 Å². The molecule has 0 radical (unpaired) electrons. The summed E-state index contributed by atoms with van der Waals surface area (Å²) in [5, 5.41) is 3.37. The zero-order chi connectivity index (χ0) is 14.1. The quantitative estimate of drug-likeness (QED) is 0.695. The highest BCUT2D eigenvalue weighted by Crippen LogP contribution is 2.09. The van der Waals surface area contributed by atoms with E-state index in [1.807, 2.05) is 18.5 Å². The number of nitrogens with zero attached hydrogens (tertiary/aromatic N) is 3. The first-order valence-corrected chi connectivity index (χ1v) is 7.04. The third kappa shape index (κ3) is 5.83. The Balaban J connectivity index is 2.55. The van der Waals surface area contributed by atoms with Crippen molar-refractivity contribution in [1.29, 1.82) is 0 Å².